The number of nitrogens with zero attached hydrogens (tertiary/aromatic N) is 2. The molecule has 1 aliphatic heterocycles. The molecule has 2 rings (SSSR count). The number of aryl methyl sites for hydroxylation is 1. The van der Waals surface area contributed by atoms with E-state index in [4.69, 9.17) is 5.73 Å². The van der Waals surface area contributed by atoms with Crippen LogP contribution in [-0.2, 0) is 9.59 Å². The first-order chi connectivity index (χ1) is 10.4. The van der Waals surface area contributed by atoms with E-state index in [0.29, 0.717) is 24.7 Å². The van der Waals surface area contributed by atoms with E-state index in [1.807, 2.05) is 0 Å². The van der Waals surface area contributed by atoms with E-state index >= 15 is 0 Å². The van der Waals surface area contributed by atoms with Crippen molar-refractivity contribution in [3.8, 4) is 0 Å². The van der Waals surface area contributed by atoms with Gasteiger partial charge in [0.2, 0.25) is 0 Å². The van der Waals surface area contributed by atoms with E-state index in [1.165, 1.54) is 12.3 Å². The molecular formula is C15H20N4O3. The zero-order chi connectivity index (χ0) is 16.3. The van der Waals surface area contributed by atoms with Crippen molar-refractivity contribution in [1.29, 1.82) is 0 Å². The summed E-state index contributed by atoms with van der Waals surface area (Å²) >= 11 is 0. The fourth-order valence-corrected chi connectivity index (χ4v) is 2.55. The number of nitrogens with two attached hydrogens (primary N) is 1. The Morgan fingerprint density at radius 3 is 2.77 bits per heavy atom. The van der Waals surface area contributed by atoms with Crippen LogP contribution < -0.4 is 11.1 Å². The zero-order valence-electron chi connectivity index (χ0n) is 12.8. The van der Waals surface area contributed by atoms with Crippen molar-refractivity contribution in [2.24, 2.45) is 11.7 Å². The Labute approximate surface area is 128 Å². The van der Waals surface area contributed by atoms with Crippen molar-refractivity contribution in [2.45, 2.75) is 26.7 Å². The smallest absolute Gasteiger partial charge is 0.313 e. The lowest BCUT2D eigenvalue weighted by molar-refractivity contribution is -0.144. The highest BCUT2D eigenvalue weighted by Gasteiger charge is 2.26. The Morgan fingerprint density at radius 1 is 1.41 bits per heavy atom. The molecule has 1 aromatic heterocycles. The van der Waals surface area contributed by atoms with Crippen molar-refractivity contribution < 1.29 is 14.4 Å². The number of rotatable bonds is 2. The van der Waals surface area contributed by atoms with E-state index in [9.17, 15) is 14.4 Å². The first-order valence-electron chi connectivity index (χ1n) is 7.25. The van der Waals surface area contributed by atoms with Gasteiger partial charge in [0.1, 0.15) is 0 Å². The third-order valence-electron chi connectivity index (χ3n) is 3.75. The molecule has 3 amide bonds. The van der Waals surface area contributed by atoms with Crippen LogP contribution in [-0.4, -0.2) is 40.7 Å². The average Bonchev–Trinajstić information content (AvgIpc) is 2.48. The molecule has 0 unspecified atom stereocenters. The number of hydrogen-bond acceptors (Lipinski definition) is 4. The summed E-state index contributed by atoms with van der Waals surface area (Å²) in [6, 6.07) is 1.43. The first-order valence-corrected chi connectivity index (χ1v) is 7.25. The Morgan fingerprint density at radius 2 is 2.14 bits per heavy atom. The standard InChI is InChI=1S/C15H20N4O3/c1-9-4-3-5-19(8-9)15(22)14(21)18-11-6-12(13(16)20)10(2)17-7-11/h6-7,9H,3-5,8H2,1-2H3,(H2,16,20)(H,18,21)/t9-/m0/s1. The molecule has 118 valence electrons. The van der Waals surface area contributed by atoms with Gasteiger partial charge in [0.05, 0.1) is 23.1 Å². The van der Waals surface area contributed by atoms with Crippen LogP contribution in [0.5, 0.6) is 0 Å². The Balaban J connectivity index is 2.07. The lowest BCUT2D eigenvalue weighted by Crippen LogP contribution is -2.44. The van der Waals surface area contributed by atoms with Gasteiger partial charge in [0, 0.05) is 13.1 Å². The summed E-state index contributed by atoms with van der Waals surface area (Å²) in [5, 5.41) is 2.48. The van der Waals surface area contributed by atoms with Gasteiger partial charge in [-0.3, -0.25) is 19.4 Å². The molecule has 0 bridgehead atoms. The number of carbonyl (C=O) groups is 3. The predicted octanol–water partition coefficient (Wildman–Crippen LogP) is 0.686. The van der Waals surface area contributed by atoms with E-state index in [1.54, 1.807) is 11.8 Å². The van der Waals surface area contributed by atoms with E-state index < -0.39 is 17.7 Å². The number of amides is 3. The minimum atomic E-state index is -0.727. The minimum Gasteiger partial charge on any atom is -0.366 e. The van der Waals surface area contributed by atoms with Crippen molar-refractivity contribution in [3.63, 3.8) is 0 Å². The molecule has 22 heavy (non-hydrogen) atoms. The summed E-state index contributed by atoms with van der Waals surface area (Å²) in [5.74, 6) is -1.52. The molecule has 0 aliphatic carbocycles. The van der Waals surface area contributed by atoms with Gasteiger partial charge in [-0.1, -0.05) is 6.92 Å². The zero-order valence-corrected chi connectivity index (χ0v) is 12.8. The predicted molar refractivity (Wildman–Crippen MR) is 81.1 cm³/mol. The summed E-state index contributed by atoms with van der Waals surface area (Å²) in [5.41, 5.74) is 6.21. The van der Waals surface area contributed by atoms with E-state index in [-0.39, 0.29) is 11.3 Å². The van der Waals surface area contributed by atoms with E-state index in [2.05, 4.69) is 17.2 Å². The SMILES string of the molecule is Cc1ncc(NC(=O)C(=O)N2CCC[C@H](C)C2)cc1C(N)=O. The van der Waals surface area contributed by atoms with Crippen molar-refractivity contribution >= 4 is 23.4 Å². The van der Waals surface area contributed by atoms with Crippen molar-refractivity contribution in [3.05, 3.63) is 23.5 Å². The fourth-order valence-electron chi connectivity index (χ4n) is 2.55. The van der Waals surface area contributed by atoms with Crippen molar-refractivity contribution in [1.82, 2.24) is 9.88 Å². The Bertz CT molecular complexity index is 615. The Kier molecular flexibility index (Phi) is 4.75. The van der Waals surface area contributed by atoms with Crippen LogP contribution in [0.15, 0.2) is 12.3 Å². The summed E-state index contributed by atoms with van der Waals surface area (Å²) in [6.07, 6.45) is 3.36. The second-order valence-corrected chi connectivity index (χ2v) is 5.67. The molecule has 0 spiro atoms. The number of aromatic nitrogens is 1. The number of primary amides is 1. The average molecular weight is 304 g/mol. The van der Waals surface area contributed by atoms with Gasteiger partial charge in [-0.15, -0.1) is 0 Å². The third kappa shape index (κ3) is 3.60. The number of anilines is 1. The molecule has 2 heterocycles. The van der Waals surface area contributed by atoms with Gasteiger partial charge in [-0.05, 0) is 31.7 Å². The van der Waals surface area contributed by atoms with Crippen LogP contribution in [0.25, 0.3) is 0 Å². The molecule has 1 fully saturated rings. The maximum atomic E-state index is 12.1. The quantitative estimate of drug-likeness (QED) is 0.784. The second kappa shape index (κ2) is 6.55. The molecule has 7 heteroatoms. The third-order valence-corrected chi connectivity index (χ3v) is 3.75. The summed E-state index contributed by atoms with van der Waals surface area (Å²) < 4.78 is 0. The first kappa shape index (κ1) is 15.9. The maximum absolute atomic E-state index is 12.1. The van der Waals surface area contributed by atoms with E-state index in [0.717, 1.165) is 12.8 Å². The van der Waals surface area contributed by atoms with Crippen LogP contribution in [0.4, 0.5) is 5.69 Å². The lowest BCUT2D eigenvalue weighted by Gasteiger charge is -2.30. The van der Waals surface area contributed by atoms with Gasteiger partial charge < -0.3 is 16.0 Å². The molecular weight excluding hydrogens is 284 g/mol. The van der Waals surface area contributed by atoms with Gasteiger partial charge >= 0.3 is 11.8 Å². The highest BCUT2D eigenvalue weighted by Crippen LogP contribution is 2.16. The molecule has 1 atom stereocenters. The van der Waals surface area contributed by atoms with Gasteiger partial charge in [-0.2, -0.15) is 0 Å². The largest absolute Gasteiger partial charge is 0.366 e. The molecule has 1 aliphatic rings. The van der Waals surface area contributed by atoms with Crippen LogP contribution in [0, 0.1) is 12.8 Å². The van der Waals surface area contributed by atoms with Crippen LogP contribution in [0.1, 0.15) is 35.8 Å². The molecule has 1 aromatic rings. The fraction of sp³-hybridized carbons (Fsp3) is 0.467. The maximum Gasteiger partial charge on any atom is 0.313 e. The highest BCUT2D eigenvalue weighted by molar-refractivity contribution is 6.39. The van der Waals surface area contributed by atoms with Crippen LogP contribution >= 0.6 is 0 Å². The highest BCUT2D eigenvalue weighted by atomic mass is 16.2. The second-order valence-electron chi connectivity index (χ2n) is 5.67. The number of carbonyl (C=O) groups excluding carboxylic acids is 3. The molecule has 0 aromatic carbocycles. The van der Waals surface area contributed by atoms with Gasteiger partial charge in [-0.25, -0.2) is 0 Å². The number of nitrogens with one attached hydrogen (secondary N) is 1. The Hall–Kier alpha value is -2.44. The molecule has 3 N–H and O–H groups in total. The van der Waals surface area contributed by atoms with Crippen LogP contribution in [0.2, 0.25) is 0 Å². The number of hydrogen-bond donors (Lipinski definition) is 2. The van der Waals surface area contributed by atoms with Gasteiger partial charge in [0.25, 0.3) is 5.91 Å². The summed E-state index contributed by atoms with van der Waals surface area (Å²) in [4.78, 5) is 41.0. The number of likely N-dealkylation sites (tertiary alicyclic amines) is 1. The number of piperidine rings is 1. The molecule has 1 saturated heterocycles. The molecule has 0 radical (unpaired) electrons. The summed E-state index contributed by atoms with van der Waals surface area (Å²) in [7, 11) is 0. The molecule has 7 nitrogen and oxygen atoms in total. The monoisotopic (exact) mass is 304 g/mol. The summed E-state index contributed by atoms with van der Waals surface area (Å²) in [6.45, 7) is 4.88. The normalized spacial score (nSPS) is 17.9. The van der Waals surface area contributed by atoms with Crippen molar-refractivity contribution in [2.75, 3.05) is 18.4 Å². The number of pyridine rings is 1. The van der Waals surface area contributed by atoms with Crippen LogP contribution in [0.3, 0.4) is 0 Å². The lowest BCUT2D eigenvalue weighted by atomic mass is 10.0. The van der Waals surface area contributed by atoms with Gasteiger partial charge in [0.15, 0.2) is 0 Å². The molecule has 0 saturated carbocycles. The topological polar surface area (TPSA) is 105 Å². The minimum absolute atomic E-state index is 0.219.